The van der Waals surface area contributed by atoms with E-state index >= 15 is 0 Å². The Bertz CT molecular complexity index is 145. The molecule has 0 aromatic heterocycles. The first kappa shape index (κ1) is 7.54. The molecule has 1 aliphatic heterocycles. The minimum Gasteiger partial charge on any atom is -0.411 e. The first-order valence-electron chi connectivity index (χ1n) is 3.68. The number of piperidine rings is 1. The number of hydrogen-bond acceptors (Lipinski definition) is 3. The topological polar surface area (TPSA) is 44.6 Å². The van der Waals surface area contributed by atoms with Gasteiger partial charge >= 0.3 is 0 Å². The van der Waals surface area contributed by atoms with Gasteiger partial charge in [0.1, 0.15) is 0 Å². The number of hydrogen-bond donors (Lipinski definition) is 2. The zero-order chi connectivity index (χ0) is 7.56. The van der Waals surface area contributed by atoms with Crippen molar-refractivity contribution >= 4 is 5.71 Å². The maximum absolute atomic E-state index is 8.54. The summed E-state index contributed by atoms with van der Waals surface area (Å²) in [4.78, 5) is 0. The Labute approximate surface area is 61.1 Å². The smallest absolute Gasteiger partial charge is 0.0626 e. The number of nitrogens with zero attached hydrogens (tertiary/aromatic N) is 1. The number of oxime groups is 1. The van der Waals surface area contributed by atoms with Crippen molar-refractivity contribution in [1.29, 1.82) is 0 Å². The van der Waals surface area contributed by atoms with Crippen molar-refractivity contribution < 1.29 is 5.21 Å². The van der Waals surface area contributed by atoms with Crippen LogP contribution in [0, 0.1) is 5.92 Å². The predicted octanol–water partition coefficient (Wildman–Crippen LogP) is 0.834. The van der Waals surface area contributed by atoms with Gasteiger partial charge in [0, 0.05) is 24.9 Å². The van der Waals surface area contributed by atoms with E-state index in [1.807, 2.05) is 0 Å². The fourth-order valence-corrected chi connectivity index (χ4v) is 1.22. The van der Waals surface area contributed by atoms with Gasteiger partial charge in [0.25, 0.3) is 0 Å². The van der Waals surface area contributed by atoms with Crippen molar-refractivity contribution in [2.75, 3.05) is 6.54 Å². The summed E-state index contributed by atoms with van der Waals surface area (Å²) in [6.07, 6.45) is 0.873. The quantitative estimate of drug-likeness (QED) is 0.389. The number of nitrogens with one attached hydrogen (secondary N) is 1. The Balaban J connectivity index is 2.54. The van der Waals surface area contributed by atoms with E-state index in [4.69, 9.17) is 5.21 Å². The van der Waals surface area contributed by atoms with Crippen LogP contribution in [0.2, 0.25) is 0 Å². The second kappa shape index (κ2) is 3.01. The van der Waals surface area contributed by atoms with Crippen molar-refractivity contribution in [3.63, 3.8) is 0 Å². The van der Waals surface area contributed by atoms with Gasteiger partial charge in [-0.15, -0.1) is 0 Å². The second-order valence-electron chi connectivity index (χ2n) is 3.01. The van der Waals surface area contributed by atoms with Gasteiger partial charge in [-0.05, 0) is 6.92 Å². The molecule has 1 saturated heterocycles. The molecule has 3 nitrogen and oxygen atoms in total. The zero-order valence-electron chi connectivity index (χ0n) is 6.46. The van der Waals surface area contributed by atoms with E-state index < -0.39 is 0 Å². The molecule has 3 heteroatoms. The highest BCUT2D eigenvalue weighted by molar-refractivity contribution is 5.87. The largest absolute Gasteiger partial charge is 0.411 e. The lowest BCUT2D eigenvalue weighted by Gasteiger charge is -2.25. The van der Waals surface area contributed by atoms with E-state index in [9.17, 15) is 0 Å². The molecule has 0 aromatic carbocycles. The molecular weight excluding hydrogens is 128 g/mol. The monoisotopic (exact) mass is 142 g/mol. The fourth-order valence-electron chi connectivity index (χ4n) is 1.22. The van der Waals surface area contributed by atoms with Crippen LogP contribution in [0.3, 0.4) is 0 Å². The van der Waals surface area contributed by atoms with E-state index in [2.05, 4.69) is 24.3 Å². The Morgan fingerprint density at radius 2 is 2.30 bits per heavy atom. The fraction of sp³-hybridized carbons (Fsp3) is 0.857. The molecule has 0 radical (unpaired) electrons. The van der Waals surface area contributed by atoms with Gasteiger partial charge in [-0.1, -0.05) is 12.1 Å². The molecule has 1 rings (SSSR count). The highest BCUT2D eigenvalue weighted by atomic mass is 16.4. The predicted molar refractivity (Wildman–Crippen MR) is 40.5 cm³/mol. The third kappa shape index (κ3) is 1.48. The van der Waals surface area contributed by atoms with Gasteiger partial charge in [-0.3, -0.25) is 0 Å². The first-order valence-corrected chi connectivity index (χ1v) is 3.68. The summed E-state index contributed by atoms with van der Waals surface area (Å²) in [5, 5.41) is 15.1. The molecule has 0 unspecified atom stereocenters. The normalized spacial score (nSPS) is 38.4. The Morgan fingerprint density at radius 3 is 2.80 bits per heavy atom. The number of rotatable bonds is 0. The summed E-state index contributed by atoms with van der Waals surface area (Å²) >= 11 is 0. The third-order valence-electron chi connectivity index (χ3n) is 1.99. The van der Waals surface area contributed by atoms with E-state index in [-0.39, 0.29) is 0 Å². The van der Waals surface area contributed by atoms with Crippen LogP contribution in [0.25, 0.3) is 0 Å². The molecule has 2 atom stereocenters. The molecule has 1 heterocycles. The molecule has 0 aromatic rings. The molecule has 0 saturated carbocycles. The maximum Gasteiger partial charge on any atom is 0.0626 e. The minimum atomic E-state index is 0.390. The van der Waals surface area contributed by atoms with Crippen molar-refractivity contribution in [3.05, 3.63) is 0 Å². The molecule has 0 bridgehead atoms. The summed E-state index contributed by atoms with van der Waals surface area (Å²) < 4.78 is 0. The zero-order valence-corrected chi connectivity index (χ0v) is 6.46. The summed E-state index contributed by atoms with van der Waals surface area (Å²) in [6.45, 7) is 5.09. The summed E-state index contributed by atoms with van der Waals surface area (Å²) in [5.41, 5.74) is 0.922. The average molecular weight is 142 g/mol. The Hall–Kier alpha value is -0.570. The van der Waals surface area contributed by atoms with E-state index in [1.54, 1.807) is 0 Å². The van der Waals surface area contributed by atoms with Gasteiger partial charge in [0.05, 0.1) is 5.71 Å². The van der Waals surface area contributed by atoms with Crippen LogP contribution in [0.5, 0.6) is 0 Å². The lowest BCUT2D eigenvalue weighted by molar-refractivity contribution is 0.308. The molecule has 58 valence electrons. The highest BCUT2D eigenvalue weighted by Gasteiger charge is 2.20. The summed E-state index contributed by atoms with van der Waals surface area (Å²) in [7, 11) is 0. The van der Waals surface area contributed by atoms with Gasteiger partial charge < -0.3 is 10.5 Å². The Morgan fingerprint density at radius 1 is 1.60 bits per heavy atom. The summed E-state index contributed by atoms with van der Waals surface area (Å²) in [6, 6.07) is 0.460. The third-order valence-corrected chi connectivity index (χ3v) is 1.99. The summed E-state index contributed by atoms with van der Waals surface area (Å²) in [5.74, 6) is 0.390. The maximum atomic E-state index is 8.54. The first-order chi connectivity index (χ1) is 4.74. The van der Waals surface area contributed by atoms with Crippen LogP contribution in [0.4, 0.5) is 0 Å². The van der Waals surface area contributed by atoms with Crippen LogP contribution in [-0.4, -0.2) is 23.5 Å². The van der Waals surface area contributed by atoms with Crippen LogP contribution in [0.1, 0.15) is 20.3 Å². The molecular formula is C7H14N2O. The minimum absolute atomic E-state index is 0.390. The van der Waals surface area contributed by atoms with Crippen molar-refractivity contribution in [1.82, 2.24) is 5.32 Å². The van der Waals surface area contributed by atoms with Crippen molar-refractivity contribution in [2.24, 2.45) is 11.1 Å². The van der Waals surface area contributed by atoms with Gasteiger partial charge in [0.2, 0.25) is 0 Å². The van der Waals surface area contributed by atoms with Crippen LogP contribution in [0.15, 0.2) is 5.16 Å². The second-order valence-corrected chi connectivity index (χ2v) is 3.01. The van der Waals surface area contributed by atoms with E-state index in [0.29, 0.717) is 12.0 Å². The molecule has 10 heavy (non-hydrogen) atoms. The van der Waals surface area contributed by atoms with Crippen LogP contribution >= 0.6 is 0 Å². The molecule has 0 spiro atoms. The molecule has 0 amide bonds. The van der Waals surface area contributed by atoms with Gasteiger partial charge in [-0.2, -0.15) is 0 Å². The van der Waals surface area contributed by atoms with Gasteiger partial charge in [0.15, 0.2) is 0 Å². The van der Waals surface area contributed by atoms with E-state index in [0.717, 1.165) is 18.7 Å². The van der Waals surface area contributed by atoms with Gasteiger partial charge in [-0.25, -0.2) is 0 Å². The average Bonchev–Trinajstić information content (AvgIpc) is 1.94. The molecule has 0 aliphatic carbocycles. The molecule has 1 fully saturated rings. The van der Waals surface area contributed by atoms with E-state index in [1.165, 1.54) is 0 Å². The SMILES string of the molecule is C[C@@H]1CC(=NO)[C@H](C)CN1. The van der Waals surface area contributed by atoms with Crippen LogP contribution < -0.4 is 5.32 Å². The van der Waals surface area contributed by atoms with Crippen molar-refractivity contribution in [2.45, 2.75) is 26.3 Å². The molecule has 1 aliphatic rings. The van der Waals surface area contributed by atoms with Crippen molar-refractivity contribution in [3.8, 4) is 0 Å². The lowest BCUT2D eigenvalue weighted by atomic mass is 9.95. The van der Waals surface area contributed by atoms with Crippen LogP contribution in [-0.2, 0) is 0 Å². The molecule has 2 N–H and O–H groups in total. The Kier molecular flexibility index (Phi) is 2.27. The lowest BCUT2D eigenvalue weighted by Crippen LogP contribution is -2.41. The highest BCUT2D eigenvalue weighted by Crippen LogP contribution is 2.10. The standard InChI is InChI=1S/C7H14N2O/c1-5-4-8-6(2)3-7(5)9-10/h5-6,8,10H,3-4H2,1-2H3/t5-,6-/m1/s1.